The van der Waals surface area contributed by atoms with E-state index in [0.717, 1.165) is 0 Å². The van der Waals surface area contributed by atoms with Crippen LogP contribution in [0.15, 0.2) is 41.8 Å². The van der Waals surface area contributed by atoms with Gasteiger partial charge in [0.1, 0.15) is 6.10 Å². The lowest BCUT2D eigenvalue weighted by Gasteiger charge is -2.19. The van der Waals surface area contributed by atoms with Gasteiger partial charge in [0.05, 0.1) is 23.6 Å². The van der Waals surface area contributed by atoms with Crippen molar-refractivity contribution in [3.63, 3.8) is 0 Å². The van der Waals surface area contributed by atoms with Crippen molar-refractivity contribution in [2.24, 2.45) is 0 Å². The molecule has 0 radical (unpaired) electrons. The van der Waals surface area contributed by atoms with Gasteiger partial charge in [0.25, 0.3) is 5.91 Å². The molecule has 0 unspecified atom stereocenters. The molecule has 0 spiro atoms. The fraction of sp³-hybridized carbons (Fsp3) is 0.389. The van der Waals surface area contributed by atoms with Gasteiger partial charge in [-0.2, -0.15) is 0 Å². The number of carbonyl (C=O) groups is 1. The molecule has 1 aliphatic rings. The van der Waals surface area contributed by atoms with Crippen molar-refractivity contribution in [3.8, 4) is 0 Å². The fourth-order valence-corrected chi connectivity index (χ4v) is 3.33. The Labute approximate surface area is 145 Å². The number of amides is 1. The molecule has 24 heavy (non-hydrogen) atoms. The molecule has 1 amide bonds. The number of aliphatic hydroxyl groups excluding tert-OH is 1. The number of thiophene rings is 1. The van der Waals surface area contributed by atoms with Crippen molar-refractivity contribution >= 4 is 17.2 Å². The average molecular weight is 346 g/mol. The van der Waals surface area contributed by atoms with Crippen molar-refractivity contribution in [2.75, 3.05) is 13.2 Å². The summed E-state index contributed by atoms with van der Waals surface area (Å²) in [6.45, 7) is 3.48. The minimum atomic E-state index is -0.640. The standard InChI is InChI=1S/C18H22N2O3S/c1-12-4-6-13(7-5-12)9-19-14-11-23-15(17(14)21)10-20-18(22)16-3-2-8-24-16/h2-8,14-15,17,19,21H,9-11H2,1H3,(H,20,22)/t14-,15-,17+/m1/s1. The molecule has 1 fully saturated rings. The molecule has 128 valence electrons. The summed E-state index contributed by atoms with van der Waals surface area (Å²) in [7, 11) is 0. The number of aliphatic hydroxyl groups is 1. The Kier molecular flexibility index (Phi) is 5.63. The van der Waals surface area contributed by atoms with Crippen LogP contribution < -0.4 is 10.6 Å². The summed E-state index contributed by atoms with van der Waals surface area (Å²) in [4.78, 5) is 12.6. The Hall–Kier alpha value is -1.73. The molecule has 0 saturated carbocycles. The number of nitrogens with one attached hydrogen (secondary N) is 2. The summed E-state index contributed by atoms with van der Waals surface area (Å²) in [6.07, 6.45) is -1.02. The van der Waals surface area contributed by atoms with E-state index in [1.54, 1.807) is 6.07 Å². The van der Waals surface area contributed by atoms with E-state index in [9.17, 15) is 9.90 Å². The molecule has 1 aromatic carbocycles. The van der Waals surface area contributed by atoms with Gasteiger partial charge in [-0.25, -0.2) is 0 Å². The fourth-order valence-electron chi connectivity index (χ4n) is 2.69. The Morgan fingerprint density at radius 3 is 2.83 bits per heavy atom. The first-order valence-corrected chi connectivity index (χ1v) is 8.92. The highest BCUT2D eigenvalue weighted by Gasteiger charge is 2.35. The first kappa shape index (κ1) is 17.1. The summed E-state index contributed by atoms with van der Waals surface area (Å²) in [5.41, 5.74) is 2.40. The highest BCUT2D eigenvalue weighted by molar-refractivity contribution is 7.12. The van der Waals surface area contributed by atoms with Crippen LogP contribution in [-0.4, -0.2) is 42.4 Å². The first-order chi connectivity index (χ1) is 11.6. The Morgan fingerprint density at radius 1 is 1.33 bits per heavy atom. The lowest BCUT2D eigenvalue weighted by molar-refractivity contribution is 0.0399. The second-order valence-corrected chi connectivity index (χ2v) is 6.97. The van der Waals surface area contributed by atoms with Crippen LogP contribution in [0.4, 0.5) is 0 Å². The monoisotopic (exact) mass is 346 g/mol. The quantitative estimate of drug-likeness (QED) is 0.745. The SMILES string of the molecule is Cc1ccc(CN[C@@H]2CO[C@H](CNC(=O)c3cccs3)[C@H]2O)cc1. The molecule has 5 nitrogen and oxygen atoms in total. The van der Waals surface area contributed by atoms with Gasteiger partial charge in [0, 0.05) is 13.1 Å². The minimum absolute atomic E-state index is 0.128. The molecule has 3 atom stereocenters. The van der Waals surface area contributed by atoms with Crippen LogP contribution in [0.2, 0.25) is 0 Å². The molecule has 3 rings (SSSR count). The summed E-state index contributed by atoms with van der Waals surface area (Å²) in [5, 5.41) is 18.4. The van der Waals surface area contributed by atoms with Crippen molar-refractivity contribution in [1.82, 2.24) is 10.6 Å². The third-order valence-electron chi connectivity index (χ3n) is 4.18. The molecule has 1 aliphatic heterocycles. The highest BCUT2D eigenvalue weighted by atomic mass is 32.1. The molecule has 2 heterocycles. The van der Waals surface area contributed by atoms with Gasteiger partial charge in [0.15, 0.2) is 0 Å². The zero-order valence-electron chi connectivity index (χ0n) is 13.6. The van der Waals surface area contributed by atoms with Gasteiger partial charge in [0.2, 0.25) is 0 Å². The second-order valence-electron chi connectivity index (χ2n) is 6.02. The molecule has 1 aromatic heterocycles. The largest absolute Gasteiger partial charge is 0.389 e. The van der Waals surface area contributed by atoms with Crippen LogP contribution >= 0.6 is 11.3 Å². The van der Waals surface area contributed by atoms with Crippen molar-refractivity contribution in [2.45, 2.75) is 31.7 Å². The number of benzene rings is 1. The van der Waals surface area contributed by atoms with E-state index in [1.807, 2.05) is 11.4 Å². The zero-order valence-corrected chi connectivity index (χ0v) is 14.4. The van der Waals surface area contributed by atoms with Crippen molar-refractivity contribution in [1.29, 1.82) is 0 Å². The second kappa shape index (κ2) is 7.90. The minimum Gasteiger partial charge on any atom is -0.389 e. The van der Waals surface area contributed by atoms with Crippen LogP contribution in [0, 0.1) is 6.92 Å². The molecular weight excluding hydrogens is 324 g/mol. The number of hydrogen-bond acceptors (Lipinski definition) is 5. The van der Waals surface area contributed by atoms with E-state index in [1.165, 1.54) is 22.5 Å². The molecule has 0 bridgehead atoms. The normalized spacial score (nSPS) is 23.3. The molecule has 2 aromatic rings. The van der Waals surface area contributed by atoms with E-state index in [-0.39, 0.29) is 18.1 Å². The van der Waals surface area contributed by atoms with Crippen LogP contribution in [0.5, 0.6) is 0 Å². The van der Waals surface area contributed by atoms with Gasteiger partial charge >= 0.3 is 0 Å². The van der Waals surface area contributed by atoms with E-state index < -0.39 is 6.10 Å². The zero-order chi connectivity index (χ0) is 16.9. The summed E-state index contributed by atoms with van der Waals surface area (Å²) in [5.74, 6) is -0.128. The highest BCUT2D eigenvalue weighted by Crippen LogP contribution is 2.15. The van der Waals surface area contributed by atoms with Crippen molar-refractivity contribution in [3.05, 3.63) is 57.8 Å². The topological polar surface area (TPSA) is 70.6 Å². The maximum atomic E-state index is 11.9. The van der Waals surface area contributed by atoms with Crippen molar-refractivity contribution < 1.29 is 14.6 Å². The third-order valence-corrected chi connectivity index (χ3v) is 5.05. The number of hydrogen-bond donors (Lipinski definition) is 3. The van der Waals surface area contributed by atoms with Gasteiger partial charge in [-0.1, -0.05) is 35.9 Å². The van der Waals surface area contributed by atoms with Gasteiger partial charge in [-0.3, -0.25) is 4.79 Å². The predicted molar refractivity (Wildman–Crippen MR) is 94.2 cm³/mol. The van der Waals surface area contributed by atoms with E-state index >= 15 is 0 Å². The molecule has 1 saturated heterocycles. The average Bonchev–Trinajstić information content (AvgIpc) is 3.23. The number of rotatable bonds is 6. The van der Waals surface area contributed by atoms with Crippen LogP contribution in [0.25, 0.3) is 0 Å². The van der Waals surface area contributed by atoms with Gasteiger partial charge in [-0.15, -0.1) is 11.3 Å². The Bertz CT molecular complexity index is 657. The number of aryl methyl sites for hydroxylation is 1. The third kappa shape index (κ3) is 4.21. The van der Waals surface area contributed by atoms with Gasteiger partial charge < -0.3 is 20.5 Å². The maximum absolute atomic E-state index is 11.9. The molecular formula is C18H22N2O3S. The molecule has 3 N–H and O–H groups in total. The molecule has 6 heteroatoms. The van der Waals surface area contributed by atoms with Crippen LogP contribution in [0.1, 0.15) is 20.8 Å². The first-order valence-electron chi connectivity index (χ1n) is 8.04. The summed E-state index contributed by atoms with van der Waals surface area (Å²) < 4.78 is 5.63. The Balaban J connectivity index is 1.45. The van der Waals surface area contributed by atoms with Gasteiger partial charge in [-0.05, 0) is 23.9 Å². The van der Waals surface area contributed by atoms with Crippen LogP contribution in [0.3, 0.4) is 0 Å². The Morgan fingerprint density at radius 2 is 2.12 bits per heavy atom. The lowest BCUT2D eigenvalue weighted by atomic mass is 10.1. The molecule has 0 aliphatic carbocycles. The number of ether oxygens (including phenoxy) is 1. The number of carbonyl (C=O) groups excluding carboxylic acids is 1. The smallest absolute Gasteiger partial charge is 0.261 e. The predicted octanol–water partition coefficient (Wildman–Crippen LogP) is 1.70. The van der Waals surface area contributed by atoms with Crippen LogP contribution in [-0.2, 0) is 11.3 Å². The lowest BCUT2D eigenvalue weighted by Crippen LogP contribution is -2.44. The maximum Gasteiger partial charge on any atom is 0.261 e. The summed E-state index contributed by atoms with van der Waals surface area (Å²) in [6, 6.07) is 11.8. The van der Waals surface area contributed by atoms with E-state index in [2.05, 4.69) is 41.8 Å². The van der Waals surface area contributed by atoms with E-state index in [4.69, 9.17) is 4.74 Å². The van der Waals surface area contributed by atoms with E-state index in [0.29, 0.717) is 24.6 Å². The summed E-state index contributed by atoms with van der Waals surface area (Å²) >= 11 is 1.39.